The Kier molecular flexibility index (Phi) is 6.65. The maximum atomic E-state index is 12.8. The normalized spacial score (nSPS) is 17.3. The first-order chi connectivity index (χ1) is 17.4. The van der Waals surface area contributed by atoms with Gasteiger partial charge in [0.1, 0.15) is 11.4 Å². The van der Waals surface area contributed by atoms with Crippen LogP contribution < -0.4 is 15.0 Å². The van der Waals surface area contributed by atoms with Crippen LogP contribution in [0.15, 0.2) is 54.9 Å². The standard InChI is InChI=1S/C27H29N5O4/c1-18-4-2-6-23-26(18)21(33)15-27(36-23)9-12-32(13-10-27)24-8-7-20(30-31-24)14-25(35)29-17-22(34)19-5-3-11-28-16-19/h2-8,11,16,22,34H,9-10,12-15,17H2,1H3,(H,29,35). The second-order valence-corrected chi connectivity index (χ2v) is 9.49. The number of aromatic nitrogens is 3. The smallest absolute Gasteiger partial charge is 0.226 e. The van der Waals surface area contributed by atoms with Gasteiger partial charge in [-0.05, 0) is 36.8 Å². The fraction of sp³-hybridized carbons (Fsp3) is 0.370. The van der Waals surface area contributed by atoms with Gasteiger partial charge in [-0.1, -0.05) is 18.2 Å². The Morgan fingerprint density at radius 3 is 2.72 bits per heavy atom. The highest BCUT2D eigenvalue weighted by Crippen LogP contribution is 2.40. The summed E-state index contributed by atoms with van der Waals surface area (Å²) in [6, 6.07) is 12.9. The first-order valence-electron chi connectivity index (χ1n) is 12.2. The number of rotatable bonds is 6. The molecule has 1 unspecified atom stereocenters. The molecule has 1 fully saturated rings. The van der Waals surface area contributed by atoms with Crippen molar-refractivity contribution in [2.24, 2.45) is 0 Å². The summed E-state index contributed by atoms with van der Waals surface area (Å²) in [6.45, 7) is 3.45. The lowest BCUT2D eigenvalue weighted by Gasteiger charge is -2.44. The molecular weight excluding hydrogens is 458 g/mol. The minimum atomic E-state index is -0.820. The molecule has 4 heterocycles. The van der Waals surface area contributed by atoms with E-state index in [0.29, 0.717) is 42.1 Å². The summed E-state index contributed by atoms with van der Waals surface area (Å²) in [5.41, 5.74) is 2.39. The molecule has 0 radical (unpaired) electrons. The minimum Gasteiger partial charge on any atom is -0.486 e. The number of aryl methyl sites for hydroxylation is 1. The molecule has 0 saturated carbocycles. The van der Waals surface area contributed by atoms with E-state index in [2.05, 4.69) is 25.4 Å². The summed E-state index contributed by atoms with van der Waals surface area (Å²) in [7, 11) is 0. The van der Waals surface area contributed by atoms with E-state index in [0.717, 1.165) is 24.2 Å². The second-order valence-electron chi connectivity index (χ2n) is 9.49. The van der Waals surface area contributed by atoms with Crippen LogP contribution in [-0.2, 0) is 11.2 Å². The van der Waals surface area contributed by atoms with Crippen LogP contribution in [0.4, 0.5) is 5.82 Å². The topological polar surface area (TPSA) is 118 Å². The number of Topliss-reactive ketones (excluding diaryl/α,β-unsaturated/α-hetero) is 1. The van der Waals surface area contributed by atoms with Gasteiger partial charge in [0.2, 0.25) is 5.91 Å². The van der Waals surface area contributed by atoms with Gasteiger partial charge in [-0.2, -0.15) is 5.10 Å². The number of benzene rings is 1. The van der Waals surface area contributed by atoms with Gasteiger partial charge >= 0.3 is 0 Å². The van der Waals surface area contributed by atoms with Crippen molar-refractivity contribution in [1.82, 2.24) is 20.5 Å². The molecule has 1 spiro atoms. The van der Waals surface area contributed by atoms with Crippen molar-refractivity contribution in [1.29, 1.82) is 0 Å². The van der Waals surface area contributed by atoms with E-state index in [4.69, 9.17) is 4.74 Å². The van der Waals surface area contributed by atoms with Gasteiger partial charge in [0, 0.05) is 50.4 Å². The zero-order valence-electron chi connectivity index (χ0n) is 20.2. The summed E-state index contributed by atoms with van der Waals surface area (Å²) >= 11 is 0. The lowest BCUT2D eigenvalue weighted by Crippen LogP contribution is -2.51. The Hall–Kier alpha value is -3.85. The highest BCUT2D eigenvalue weighted by Gasteiger charge is 2.43. The van der Waals surface area contributed by atoms with Crippen LogP contribution in [0, 0.1) is 6.92 Å². The number of piperidine rings is 1. The van der Waals surface area contributed by atoms with Gasteiger partial charge in [-0.15, -0.1) is 5.10 Å². The molecule has 36 heavy (non-hydrogen) atoms. The number of hydrogen-bond acceptors (Lipinski definition) is 8. The molecule has 1 atom stereocenters. The number of amides is 1. The van der Waals surface area contributed by atoms with E-state index >= 15 is 0 Å². The number of aliphatic hydroxyl groups is 1. The number of hydrogen-bond donors (Lipinski definition) is 2. The number of nitrogens with one attached hydrogen (secondary N) is 1. The van der Waals surface area contributed by atoms with Crippen LogP contribution >= 0.6 is 0 Å². The lowest BCUT2D eigenvalue weighted by molar-refractivity contribution is -0.121. The van der Waals surface area contributed by atoms with Crippen LogP contribution in [0.1, 0.15) is 52.5 Å². The van der Waals surface area contributed by atoms with Gasteiger partial charge in [-0.3, -0.25) is 14.6 Å². The number of ketones is 1. The van der Waals surface area contributed by atoms with Crippen LogP contribution in [0.2, 0.25) is 0 Å². The Morgan fingerprint density at radius 1 is 1.17 bits per heavy atom. The summed E-state index contributed by atoms with van der Waals surface area (Å²) in [4.78, 5) is 31.2. The molecule has 0 aliphatic carbocycles. The number of aliphatic hydroxyl groups excluding tert-OH is 1. The van der Waals surface area contributed by atoms with Crippen molar-refractivity contribution in [2.45, 2.75) is 44.3 Å². The number of ether oxygens (including phenoxy) is 1. The number of anilines is 1. The fourth-order valence-electron chi connectivity index (χ4n) is 4.90. The third-order valence-electron chi connectivity index (χ3n) is 6.93. The Balaban J connectivity index is 1.13. The van der Waals surface area contributed by atoms with Gasteiger partial charge < -0.3 is 20.1 Å². The minimum absolute atomic E-state index is 0.0743. The first kappa shape index (κ1) is 23.9. The second kappa shape index (κ2) is 10.0. The number of pyridine rings is 1. The van der Waals surface area contributed by atoms with Crippen molar-refractivity contribution >= 4 is 17.5 Å². The molecule has 2 aliphatic heterocycles. The van der Waals surface area contributed by atoms with Gasteiger partial charge in [0.15, 0.2) is 11.6 Å². The summed E-state index contributed by atoms with van der Waals surface area (Å²) in [5, 5.41) is 21.4. The van der Waals surface area contributed by atoms with Crippen molar-refractivity contribution in [3.63, 3.8) is 0 Å². The molecule has 2 N–H and O–H groups in total. The number of carbonyl (C=O) groups is 2. The van der Waals surface area contributed by atoms with Gasteiger partial charge in [-0.25, -0.2) is 0 Å². The van der Waals surface area contributed by atoms with Crippen molar-refractivity contribution in [3.05, 3.63) is 77.2 Å². The Morgan fingerprint density at radius 2 is 2.00 bits per heavy atom. The molecule has 5 rings (SSSR count). The molecule has 9 heteroatoms. The Bertz CT molecular complexity index is 1240. The summed E-state index contributed by atoms with van der Waals surface area (Å²) < 4.78 is 6.38. The first-order valence-corrected chi connectivity index (χ1v) is 12.2. The van der Waals surface area contributed by atoms with E-state index in [-0.39, 0.29) is 24.7 Å². The van der Waals surface area contributed by atoms with E-state index in [1.54, 1.807) is 30.6 Å². The van der Waals surface area contributed by atoms with Crippen molar-refractivity contribution in [2.75, 3.05) is 24.5 Å². The highest BCUT2D eigenvalue weighted by molar-refractivity contribution is 6.01. The van der Waals surface area contributed by atoms with Crippen molar-refractivity contribution < 1.29 is 19.4 Å². The average Bonchev–Trinajstić information content (AvgIpc) is 2.88. The Labute approximate surface area is 209 Å². The van der Waals surface area contributed by atoms with Crippen molar-refractivity contribution in [3.8, 4) is 5.75 Å². The SMILES string of the molecule is Cc1cccc2c1C(=O)CC1(CCN(c3ccc(CC(=O)NCC(O)c4cccnc4)nn3)CC1)O2. The maximum Gasteiger partial charge on any atom is 0.226 e. The van der Waals surface area contributed by atoms with Crippen LogP contribution in [-0.4, -0.2) is 57.2 Å². The molecule has 3 aromatic rings. The van der Waals surface area contributed by atoms with Crippen LogP contribution in [0.25, 0.3) is 0 Å². The van der Waals surface area contributed by atoms with Gasteiger partial charge in [0.25, 0.3) is 0 Å². The summed E-state index contributed by atoms with van der Waals surface area (Å²) in [5.74, 6) is 1.34. The quantitative estimate of drug-likeness (QED) is 0.545. The molecular formula is C27H29N5O4. The fourth-order valence-corrected chi connectivity index (χ4v) is 4.90. The van der Waals surface area contributed by atoms with E-state index in [1.165, 1.54) is 0 Å². The third kappa shape index (κ3) is 5.06. The van der Waals surface area contributed by atoms with E-state index in [1.807, 2.05) is 31.2 Å². The van der Waals surface area contributed by atoms with E-state index in [9.17, 15) is 14.7 Å². The monoisotopic (exact) mass is 487 g/mol. The predicted octanol–water partition coefficient (Wildman–Crippen LogP) is 2.58. The predicted molar refractivity (Wildman–Crippen MR) is 133 cm³/mol. The molecule has 1 amide bonds. The molecule has 2 aliphatic rings. The molecule has 1 aromatic carbocycles. The summed E-state index contributed by atoms with van der Waals surface area (Å²) in [6.07, 6.45) is 4.29. The van der Waals surface area contributed by atoms with Gasteiger partial charge in [0.05, 0.1) is 30.2 Å². The lowest BCUT2D eigenvalue weighted by atomic mass is 9.81. The zero-order chi connectivity index (χ0) is 25.1. The molecule has 2 aromatic heterocycles. The molecule has 186 valence electrons. The highest BCUT2D eigenvalue weighted by atomic mass is 16.5. The molecule has 0 bridgehead atoms. The molecule has 9 nitrogen and oxygen atoms in total. The number of nitrogens with zero attached hydrogens (tertiary/aromatic N) is 4. The maximum absolute atomic E-state index is 12.8. The average molecular weight is 488 g/mol. The third-order valence-corrected chi connectivity index (χ3v) is 6.93. The largest absolute Gasteiger partial charge is 0.486 e. The molecule has 1 saturated heterocycles. The number of carbonyl (C=O) groups excluding carboxylic acids is 2. The van der Waals surface area contributed by atoms with Crippen LogP contribution in [0.5, 0.6) is 5.75 Å². The van der Waals surface area contributed by atoms with Crippen LogP contribution in [0.3, 0.4) is 0 Å². The zero-order valence-corrected chi connectivity index (χ0v) is 20.2. The number of fused-ring (bicyclic) bond motifs is 1. The van der Waals surface area contributed by atoms with E-state index < -0.39 is 11.7 Å².